The third kappa shape index (κ3) is 1.59. The van der Waals surface area contributed by atoms with Gasteiger partial charge in [-0.05, 0) is 38.1 Å². The van der Waals surface area contributed by atoms with E-state index >= 15 is 0 Å². The lowest BCUT2D eigenvalue weighted by Gasteiger charge is -2.21. The highest BCUT2D eigenvalue weighted by atomic mass is 19.1. The van der Waals surface area contributed by atoms with E-state index in [1.807, 2.05) is 4.40 Å². The van der Waals surface area contributed by atoms with Gasteiger partial charge in [-0.3, -0.25) is 0 Å². The number of hydrogen-bond donors (Lipinski definition) is 1. The molecule has 0 saturated carbocycles. The fourth-order valence-corrected chi connectivity index (χ4v) is 2.38. The van der Waals surface area contributed by atoms with E-state index in [0.29, 0.717) is 5.92 Å². The van der Waals surface area contributed by atoms with Crippen LogP contribution in [-0.4, -0.2) is 22.5 Å². The molecule has 0 bridgehead atoms. The van der Waals surface area contributed by atoms with Crippen molar-refractivity contribution < 1.29 is 4.39 Å². The number of rotatable bonds is 1. The highest BCUT2D eigenvalue weighted by Gasteiger charge is 2.19. The molecule has 2 aromatic rings. The summed E-state index contributed by atoms with van der Waals surface area (Å²) in [6, 6.07) is 3.01. The number of fused-ring (bicyclic) bond motifs is 1. The van der Waals surface area contributed by atoms with Gasteiger partial charge in [-0.2, -0.15) is 0 Å². The molecule has 2 aromatic heterocycles. The first-order valence-electron chi connectivity index (χ1n) is 5.68. The minimum Gasteiger partial charge on any atom is -0.317 e. The largest absolute Gasteiger partial charge is 0.317 e. The number of piperidine rings is 1. The molecule has 0 amide bonds. The Balaban J connectivity index is 2.03. The lowest BCUT2D eigenvalue weighted by atomic mass is 9.97. The van der Waals surface area contributed by atoms with Crippen LogP contribution in [0.1, 0.15) is 24.6 Å². The molecule has 1 fully saturated rings. The van der Waals surface area contributed by atoms with Crippen LogP contribution < -0.4 is 5.32 Å². The molecule has 16 heavy (non-hydrogen) atoms. The zero-order chi connectivity index (χ0) is 11.0. The van der Waals surface area contributed by atoms with E-state index in [0.717, 1.165) is 37.3 Å². The maximum atomic E-state index is 13.0. The molecule has 0 unspecified atom stereocenters. The minimum absolute atomic E-state index is 0.204. The van der Waals surface area contributed by atoms with Crippen molar-refractivity contribution in [3.8, 4) is 0 Å². The van der Waals surface area contributed by atoms with Crippen LogP contribution in [-0.2, 0) is 0 Å². The lowest BCUT2D eigenvalue weighted by Crippen LogP contribution is -2.27. The molecular weight excluding hydrogens is 205 g/mol. The topological polar surface area (TPSA) is 29.3 Å². The summed E-state index contributed by atoms with van der Waals surface area (Å²) in [6.45, 7) is 2.08. The Hall–Kier alpha value is -1.42. The molecule has 1 saturated heterocycles. The molecule has 0 radical (unpaired) electrons. The zero-order valence-electron chi connectivity index (χ0n) is 8.99. The van der Waals surface area contributed by atoms with Gasteiger partial charge >= 0.3 is 0 Å². The molecule has 3 rings (SSSR count). The fraction of sp³-hybridized carbons (Fsp3) is 0.417. The second-order valence-electron chi connectivity index (χ2n) is 4.28. The van der Waals surface area contributed by atoms with E-state index in [1.54, 1.807) is 12.4 Å². The van der Waals surface area contributed by atoms with E-state index in [-0.39, 0.29) is 5.82 Å². The second kappa shape index (κ2) is 3.87. The maximum absolute atomic E-state index is 13.0. The number of halogens is 1. The van der Waals surface area contributed by atoms with Crippen molar-refractivity contribution in [3.05, 3.63) is 36.2 Å². The highest BCUT2D eigenvalue weighted by molar-refractivity contribution is 5.46. The molecule has 1 N–H and O–H groups in total. The van der Waals surface area contributed by atoms with E-state index in [1.165, 1.54) is 12.1 Å². The summed E-state index contributed by atoms with van der Waals surface area (Å²) < 4.78 is 15.0. The summed E-state index contributed by atoms with van der Waals surface area (Å²) in [6.07, 6.45) is 5.74. The molecule has 0 aliphatic carbocycles. The SMILES string of the molecule is Fc1ccn2c(C3CCNCC3)ncc2c1. The molecule has 3 nitrogen and oxygen atoms in total. The third-order valence-electron chi connectivity index (χ3n) is 3.23. The predicted molar refractivity (Wildman–Crippen MR) is 60.0 cm³/mol. The van der Waals surface area contributed by atoms with Crippen LogP contribution in [0.2, 0.25) is 0 Å². The van der Waals surface area contributed by atoms with Crippen LogP contribution in [0, 0.1) is 5.82 Å². The van der Waals surface area contributed by atoms with Gasteiger partial charge in [0.05, 0.1) is 11.7 Å². The Labute approximate surface area is 93.3 Å². The van der Waals surface area contributed by atoms with Gasteiger partial charge < -0.3 is 9.72 Å². The maximum Gasteiger partial charge on any atom is 0.126 e. The average molecular weight is 219 g/mol. The number of nitrogens with one attached hydrogen (secondary N) is 1. The number of aromatic nitrogens is 2. The first kappa shape index (κ1) is 9.78. The highest BCUT2D eigenvalue weighted by Crippen LogP contribution is 2.24. The van der Waals surface area contributed by atoms with Crippen molar-refractivity contribution in [2.45, 2.75) is 18.8 Å². The Morgan fingerprint density at radius 2 is 2.19 bits per heavy atom. The van der Waals surface area contributed by atoms with Crippen LogP contribution >= 0.6 is 0 Å². The van der Waals surface area contributed by atoms with E-state index < -0.39 is 0 Å². The monoisotopic (exact) mass is 219 g/mol. The summed E-state index contributed by atoms with van der Waals surface area (Å²) in [4.78, 5) is 4.43. The summed E-state index contributed by atoms with van der Waals surface area (Å²) in [7, 11) is 0. The number of pyridine rings is 1. The van der Waals surface area contributed by atoms with Crippen molar-refractivity contribution in [2.24, 2.45) is 0 Å². The van der Waals surface area contributed by atoms with Gasteiger partial charge in [-0.15, -0.1) is 0 Å². The van der Waals surface area contributed by atoms with Gasteiger partial charge in [0.2, 0.25) is 0 Å². The van der Waals surface area contributed by atoms with Crippen LogP contribution in [0.25, 0.3) is 5.52 Å². The third-order valence-corrected chi connectivity index (χ3v) is 3.23. The Morgan fingerprint density at radius 1 is 1.38 bits per heavy atom. The fourth-order valence-electron chi connectivity index (χ4n) is 2.38. The molecular formula is C12H14FN3. The van der Waals surface area contributed by atoms with Gasteiger partial charge in [-0.1, -0.05) is 0 Å². The summed E-state index contributed by atoms with van der Waals surface area (Å²) in [5.74, 6) is 1.36. The molecule has 3 heterocycles. The molecule has 84 valence electrons. The Kier molecular flexibility index (Phi) is 2.36. The Morgan fingerprint density at radius 3 is 3.00 bits per heavy atom. The van der Waals surface area contributed by atoms with Crippen LogP contribution in [0.15, 0.2) is 24.5 Å². The smallest absolute Gasteiger partial charge is 0.126 e. The second-order valence-corrected chi connectivity index (χ2v) is 4.28. The Bertz CT molecular complexity index is 500. The zero-order valence-corrected chi connectivity index (χ0v) is 8.99. The van der Waals surface area contributed by atoms with Crippen molar-refractivity contribution in [3.63, 3.8) is 0 Å². The van der Waals surface area contributed by atoms with Crippen LogP contribution in [0.5, 0.6) is 0 Å². The summed E-state index contributed by atoms with van der Waals surface area (Å²) in [5, 5.41) is 3.34. The van der Waals surface area contributed by atoms with Crippen molar-refractivity contribution in [1.29, 1.82) is 0 Å². The number of imidazole rings is 1. The van der Waals surface area contributed by atoms with E-state index in [2.05, 4.69) is 10.3 Å². The number of hydrogen-bond acceptors (Lipinski definition) is 2. The molecule has 4 heteroatoms. The average Bonchev–Trinajstić information content (AvgIpc) is 2.73. The standard InChI is InChI=1S/C12H14FN3/c13-10-3-6-16-11(7-10)8-15-12(16)9-1-4-14-5-2-9/h3,6-9,14H,1-2,4-5H2. The van der Waals surface area contributed by atoms with Crippen LogP contribution in [0.3, 0.4) is 0 Å². The van der Waals surface area contributed by atoms with Crippen LogP contribution in [0.4, 0.5) is 4.39 Å². The molecule has 1 aliphatic heterocycles. The van der Waals surface area contributed by atoms with E-state index in [4.69, 9.17) is 0 Å². The number of nitrogens with zero attached hydrogens (tertiary/aromatic N) is 2. The molecule has 1 aliphatic rings. The molecule has 0 atom stereocenters. The van der Waals surface area contributed by atoms with Crippen molar-refractivity contribution in [1.82, 2.24) is 14.7 Å². The van der Waals surface area contributed by atoms with Crippen molar-refractivity contribution in [2.75, 3.05) is 13.1 Å². The first-order valence-corrected chi connectivity index (χ1v) is 5.68. The minimum atomic E-state index is -0.204. The van der Waals surface area contributed by atoms with Gasteiger partial charge in [0.1, 0.15) is 11.6 Å². The summed E-state index contributed by atoms with van der Waals surface area (Å²) >= 11 is 0. The first-order chi connectivity index (χ1) is 7.84. The quantitative estimate of drug-likeness (QED) is 0.794. The molecule has 0 spiro atoms. The summed E-state index contributed by atoms with van der Waals surface area (Å²) in [5.41, 5.74) is 0.841. The van der Waals surface area contributed by atoms with Gasteiger partial charge in [0.15, 0.2) is 0 Å². The van der Waals surface area contributed by atoms with Gasteiger partial charge in [-0.25, -0.2) is 9.37 Å². The van der Waals surface area contributed by atoms with E-state index in [9.17, 15) is 4.39 Å². The lowest BCUT2D eigenvalue weighted by molar-refractivity contribution is 0.444. The normalized spacial score (nSPS) is 18.1. The van der Waals surface area contributed by atoms with Gasteiger partial charge in [0, 0.05) is 12.1 Å². The molecule has 0 aromatic carbocycles. The van der Waals surface area contributed by atoms with Gasteiger partial charge in [0.25, 0.3) is 0 Å². The van der Waals surface area contributed by atoms with Crippen molar-refractivity contribution >= 4 is 5.52 Å². The predicted octanol–water partition coefficient (Wildman–Crippen LogP) is 1.94.